The molecule has 1 aliphatic heterocycles. The molecule has 1 fully saturated rings. The van der Waals surface area contributed by atoms with Gasteiger partial charge >= 0.3 is 0 Å². The summed E-state index contributed by atoms with van der Waals surface area (Å²) in [6.45, 7) is 4.11. The molecule has 1 aliphatic rings. The lowest BCUT2D eigenvalue weighted by molar-refractivity contribution is 0.225. The normalized spacial score (nSPS) is 16.5. The zero-order chi connectivity index (χ0) is 13.9. The van der Waals surface area contributed by atoms with Crippen LogP contribution in [0.5, 0.6) is 0 Å². The van der Waals surface area contributed by atoms with Crippen LogP contribution in [0, 0.1) is 11.6 Å². The summed E-state index contributed by atoms with van der Waals surface area (Å²) in [5.41, 5.74) is -0.272. The van der Waals surface area contributed by atoms with E-state index in [2.05, 4.69) is 20.4 Å². The number of piperazine rings is 1. The van der Waals surface area contributed by atoms with Crippen LogP contribution in [0.3, 0.4) is 0 Å². The quantitative estimate of drug-likeness (QED) is 0.921. The summed E-state index contributed by atoms with van der Waals surface area (Å²) >= 11 is 0. The minimum Gasteiger partial charge on any atom is -0.334 e. The van der Waals surface area contributed by atoms with Crippen LogP contribution < -0.4 is 5.32 Å². The Labute approximate surface area is 114 Å². The van der Waals surface area contributed by atoms with Crippen LogP contribution in [0.2, 0.25) is 0 Å². The molecule has 0 aliphatic carbocycles. The van der Waals surface area contributed by atoms with Crippen molar-refractivity contribution in [2.45, 2.75) is 6.54 Å². The van der Waals surface area contributed by atoms with Gasteiger partial charge in [-0.2, -0.15) is 4.98 Å². The van der Waals surface area contributed by atoms with Crippen LogP contribution in [-0.2, 0) is 6.54 Å². The fourth-order valence-electron chi connectivity index (χ4n) is 2.19. The van der Waals surface area contributed by atoms with Crippen molar-refractivity contribution in [1.29, 1.82) is 0 Å². The summed E-state index contributed by atoms with van der Waals surface area (Å²) in [5.74, 6) is -1.10. The summed E-state index contributed by atoms with van der Waals surface area (Å²) in [6, 6.07) is 3.63. The van der Waals surface area contributed by atoms with Crippen molar-refractivity contribution in [3.8, 4) is 11.5 Å². The van der Waals surface area contributed by atoms with Crippen LogP contribution in [0.25, 0.3) is 11.5 Å². The van der Waals surface area contributed by atoms with Crippen molar-refractivity contribution < 1.29 is 13.3 Å². The second-order valence-electron chi connectivity index (χ2n) is 4.64. The van der Waals surface area contributed by atoms with E-state index in [9.17, 15) is 8.78 Å². The van der Waals surface area contributed by atoms with Gasteiger partial charge in [-0.05, 0) is 12.1 Å². The number of benzene rings is 1. The second kappa shape index (κ2) is 5.64. The molecule has 1 N–H and O–H groups in total. The average Bonchev–Trinajstić information content (AvgIpc) is 2.88. The Bertz CT molecular complexity index is 576. The molecule has 0 atom stereocenters. The van der Waals surface area contributed by atoms with Crippen LogP contribution in [0.4, 0.5) is 8.78 Å². The van der Waals surface area contributed by atoms with Gasteiger partial charge < -0.3 is 9.84 Å². The third kappa shape index (κ3) is 2.68. The largest absolute Gasteiger partial charge is 0.334 e. The van der Waals surface area contributed by atoms with Gasteiger partial charge in [-0.3, -0.25) is 4.90 Å². The lowest BCUT2D eigenvalue weighted by Crippen LogP contribution is -2.43. The molecule has 0 radical (unpaired) electrons. The van der Waals surface area contributed by atoms with Crippen molar-refractivity contribution in [3.63, 3.8) is 0 Å². The molecule has 0 amide bonds. The predicted octanol–water partition coefficient (Wildman–Crippen LogP) is 1.42. The minimum atomic E-state index is -0.706. The number of nitrogens with one attached hydrogen (secondary N) is 1. The SMILES string of the molecule is Fc1cccc(F)c1-c1nc(CN2CCNCC2)no1. The van der Waals surface area contributed by atoms with E-state index < -0.39 is 11.6 Å². The molecule has 7 heteroatoms. The number of hydrogen-bond acceptors (Lipinski definition) is 5. The molecule has 0 saturated carbocycles. The monoisotopic (exact) mass is 280 g/mol. The molecule has 0 unspecified atom stereocenters. The highest BCUT2D eigenvalue weighted by atomic mass is 19.1. The topological polar surface area (TPSA) is 54.2 Å². The average molecular weight is 280 g/mol. The molecule has 1 aromatic carbocycles. The van der Waals surface area contributed by atoms with E-state index >= 15 is 0 Å². The van der Waals surface area contributed by atoms with E-state index in [0.29, 0.717) is 12.4 Å². The van der Waals surface area contributed by atoms with Crippen LogP contribution in [0.15, 0.2) is 22.7 Å². The highest BCUT2D eigenvalue weighted by Crippen LogP contribution is 2.24. The number of aromatic nitrogens is 2. The van der Waals surface area contributed by atoms with Crippen molar-refractivity contribution in [2.75, 3.05) is 26.2 Å². The minimum absolute atomic E-state index is 0.120. The molecule has 106 valence electrons. The van der Waals surface area contributed by atoms with Gasteiger partial charge in [0.15, 0.2) is 5.82 Å². The Hall–Kier alpha value is -1.86. The first-order chi connectivity index (χ1) is 9.74. The summed E-state index contributed by atoms with van der Waals surface area (Å²) < 4.78 is 32.2. The summed E-state index contributed by atoms with van der Waals surface area (Å²) in [6.07, 6.45) is 0. The number of hydrogen-bond donors (Lipinski definition) is 1. The Morgan fingerprint density at radius 3 is 2.60 bits per heavy atom. The Morgan fingerprint density at radius 1 is 1.20 bits per heavy atom. The van der Waals surface area contributed by atoms with E-state index in [0.717, 1.165) is 26.2 Å². The fraction of sp³-hybridized carbons (Fsp3) is 0.385. The van der Waals surface area contributed by atoms with Crippen molar-refractivity contribution in [1.82, 2.24) is 20.4 Å². The summed E-state index contributed by atoms with van der Waals surface area (Å²) in [5, 5.41) is 7.03. The number of rotatable bonds is 3. The zero-order valence-corrected chi connectivity index (χ0v) is 10.8. The van der Waals surface area contributed by atoms with E-state index in [1.807, 2.05) is 0 Å². The molecule has 0 bridgehead atoms. The van der Waals surface area contributed by atoms with E-state index in [1.54, 1.807) is 0 Å². The fourth-order valence-corrected chi connectivity index (χ4v) is 2.19. The van der Waals surface area contributed by atoms with E-state index in [1.165, 1.54) is 18.2 Å². The highest BCUT2D eigenvalue weighted by Gasteiger charge is 2.19. The van der Waals surface area contributed by atoms with Gasteiger partial charge in [0.05, 0.1) is 6.54 Å². The number of halogens is 2. The van der Waals surface area contributed by atoms with Gasteiger partial charge in [-0.25, -0.2) is 8.78 Å². The Morgan fingerprint density at radius 2 is 1.90 bits per heavy atom. The van der Waals surface area contributed by atoms with E-state index in [-0.39, 0.29) is 11.5 Å². The molecule has 3 rings (SSSR count). The molecule has 1 aromatic heterocycles. The lowest BCUT2D eigenvalue weighted by Gasteiger charge is -2.25. The van der Waals surface area contributed by atoms with Gasteiger partial charge in [0.25, 0.3) is 5.89 Å². The maximum absolute atomic E-state index is 13.6. The second-order valence-corrected chi connectivity index (χ2v) is 4.64. The Kier molecular flexibility index (Phi) is 3.70. The lowest BCUT2D eigenvalue weighted by atomic mass is 10.2. The molecule has 2 aromatic rings. The van der Waals surface area contributed by atoms with Gasteiger partial charge in [-0.1, -0.05) is 11.2 Å². The van der Waals surface area contributed by atoms with Gasteiger partial charge in [-0.15, -0.1) is 0 Å². The summed E-state index contributed by atoms with van der Waals surface area (Å²) in [4.78, 5) is 6.23. The van der Waals surface area contributed by atoms with Crippen molar-refractivity contribution >= 4 is 0 Å². The highest BCUT2D eigenvalue weighted by molar-refractivity contribution is 5.54. The van der Waals surface area contributed by atoms with Crippen molar-refractivity contribution in [2.24, 2.45) is 0 Å². The van der Waals surface area contributed by atoms with Crippen LogP contribution >= 0.6 is 0 Å². The first-order valence-corrected chi connectivity index (χ1v) is 6.44. The first-order valence-electron chi connectivity index (χ1n) is 6.44. The van der Waals surface area contributed by atoms with Crippen LogP contribution in [-0.4, -0.2) is 41.2 Å². The van der Waals surface area contributed by atoms with Gasteiger partial charge in [0.1, 0.15) is 17.2 Å². The van der Waals surface area contributed by atoms with Crippen LogP contribution in [0.1, 0.15) is 5.82 Å². The van der Waals surface area contributed by atoms with Gasteiger partial charge in [0.2, 0.25) is 0 Å². The van der Waals surface area contributed by atoms with Crippen molar-refractivity contribution in [3.05, 3.63) is 35.7 Å². The molecular weight excluding hydrogens is 266 g/mol. The zero-order valence-electron chi connectivity index (χ0n) is 10.8. The number of nitrogens with zero attached hydrogens (tertiary/aromatic N) is 3. The third-order valence-electron chi connectivity index (χ3n) is 3.22. The molecule has 5 nitrogen and oxygen atoms in total. The molecule has 0 spiro atoms. The molecule has 2 heterocycles. The molecule has 20 heavy (non-hydrogen) atoms. The first kappa shape index (κ1) is 13.1. The maximum atomic E-state index is 13.6. The summed E-state index contributed by atoms with van der Waals surface area (Å²) in [7, 11) is 0. The standard InChI is InChI=1S/C13H14F2N4O/c14-9-2-1-3-10(15)12(9)13-17-11(18-20-13)8-19-6-4-16-5-7-19/h1-3,16H,4-8H2. The van der Waals surface area contributed by atoms with E-state index in [4.69, 9.17) is 4.52 Å². The Balaban J connectivity index is 1.79. The molecule has 1 saturated heterocycles. The maximum Gasteiger partial charge on any atom is 0.263 e. The molecular formula is C13H14F2N4O. The van der Waals surface area contributed by atoms with Gasteiger partial charge in [0, 0.05) is 26.2 Å². The third-order valence-corrected chi connectivity index (χ3v) is 3.22. The smallest absolute Gasteiger partial charge is 0.263 e. The predicted molar refractivity (Wildman–Crippen MR) is 67.8 cm³/mol.